The van der Waals surface area contributed by atoms with Crippen molar-refractivity contribution in [3.63, 3.8) is 0 Å². The van der Waals surface area contributed by atoms with Crippen molar-refractivity contribution in [2.75, 3.05) is 0 Å². The normalized spacial score (nSPS) is 11.1. The van der Waals surface area contributed by atoms with E-state index in [1.54, 1.807) is 0 Å². The number of para-hydroxylation sites is 2. The van der Waals surface area contributed by atoms with Gasteiger partial charge in [0, 0.05) is 33.0 Å². The average molecular weight is 499 g/mol. The molecule has 2 aromatic heterocycles. The van der Waals surface area contributed by atoms with E-state index >= 15 is 0 Å². The maximum absolute atomic E-state index is 6.03. The molecule has 39 heavy (non-hydrogen) atoms. The molecule has 182 valence electrons. The van der Waals surface area contributed by atoms with Crippen molar-refractivity contribution in [3.05, 3.63) is 133 Å². The Hall–Kier alpha value is -5.53. The molecule has 0 spiro atoms. The Bertz CT molecular complexity index is 1910. The highest BCUT2D eigenvalue weighted by atomic mass is 15.0. The van der Waals surface area contributed by atoms with Crippen molar-refractivity contribution in [1.82, 2.24) is 19.5 Å². The summed E-state index contributed by atoms with van der Waals surface area (Å²) in [4.78, 5) is 14.7. The van der Waals surface area contributed by atoms with Crippen LogP contribution in [-0.4, -0.2) is 19.5 Å². The van der Waals surface area contributed by atoms with E-state index in [2.05, 4.69) is 65.1 Å². The van der Waals surface area contributed by atoms with Gasteiger partial charge in [-0.3, -0.25) is 0 Å². The third-order valence-electron chi connectivity index (χ3n) is 6.93. The maximum Gasteiger partial charge on any atom is 0.164 e. The molecule has 0 saturated carbocycles. The molecule has 7 rings (SSSR count). The van der Waals surface area contributed by atoms with E-state index in [-0.39, 0.29) is 0 Å². The molecule has 4 nitrogen and oxygen atoms in total. The second kappa shape index (κ2) is 9.41. The molecule has 5 aromatic carbocycles. The first-order valence-electron chi connectivity index (χ1n) is 12.8. The monoisotopic (exact) mass is 498 g/mol. The summed E-state index contributed by atoms with van der Waals surface area (Å²) in [6.07, 6.45) is 6.03. The molecule has 0 fully saturated rings. The molecule has 0 atom stereocenters. The van der Waals surface area contributed by atoms with Crippen LogP contribution in [0.5, 0.6) is 0 Å². The molecular weight excluding hydrogens is 476 g/mol. The molecule has 0 N–H and O–H groups in total. The van der Waals surface area contributed by atoms with E-state index < -0.39 is 0 Å². The van der Waals surface area contributed by atoms with Crippen LogP contribution in [0.1, 0.15) is 5.56 Å². The molecule has 7 aromatic rings. The van der Waals surface area contributed by atoms with E-state index in [0.717, 1.165) is 39.0 Å². The SMILES string of the molecule is C#Cc1ccc(-c2nc(-c3ccccc3)nc(-c3ccccc3)n2)cc1-n1c2ccccc2c2ccccc21. The zero-order chi connectivity index (χ0) is 26.2. The zero-order valence-corrected chi connectivity index (χ0v) is 21.0. The summed E-state index contributed by atoms with van der Waals surface area (Å²) in [6, 6.07) is 42.9. The first kappa shape index (κ1) is 22.7. The van der Waals surface area contributed by atoms with Crippen LogP contribution in [-0.2, 0) is 0 Å². The van der Waals surface area contributed by atoms with Gasteiger partial charge in [-0.15, -0.1) is 6.42 Å². The van der Waals surface area contributed by atoms with Gasteiger partial charge in [0.2, 0.25) is 0 Å². The molecule has 0 aliphatic rings. The van der Waals surface area contributed by atoms with Crippen LogP contribution in [0.2, 0.25) is 0 Å². The van der Waals surface area contributed by atoms with Crippen LogP contribution in [0, 0.1) is 12.3 Å². The number of nitrogens with zero attached hydrogens (tertiary/aromatic N) is 4. The predicted octanol–water partition coefficient (Wildman–Crippen LogP) is 7.95. The second-order valence-electron chi connectivity index (χ2n) is 9.28. The van der Waals surface area contributed by atoms with E-state index in [9.17, 15) is 0 Å². The number of benzene rings is 5. The summed E-state index contributed by atoms with van der Waals surface area (Å²) in [6.45, 7) is 0. The Kier molecular flexibility index (Phi) is 5.46. The maximum atomic E-state index is 6.03. The van der Waals surface area contributed by atoms with Gasteiger partial charge in [0.1, 0.15) is 0 Å². The number of fused-ring (bicyclic) bond motifs is 3. The van der Waals surface area contributed by atoms with Crippen LogP contribution >= 0.6 is 0 Å². The zero-order valence-electron chi connectivity index (χ0n) is 21.0. The van der Waals surface area contributed by atoms with E-state index in [0.29, 0.717) is 17.5 Å². The number of terminal acetylenes is 1. The summed E-state index contributed by atoms with van der Waals surface area (Å²) < 4.78 is 2.24. The summed E-state index contributed by atoms with van der Waals surface area (Å²) in [5, 5.41) is 2.36. The van der Waals surface area contributed by atoms with Crippen LogP contribution in [0.4, 0.5) is 0 Å². The van der Waals surface area contributed by atoms with Crippen LogP contribution in [0.25, 0.3) is 61.7 Å². The van der Waals surface area contributed by atoms with Crippen LogP contribution in [0.15, 0.2) is 127 Å². The fourth-order valence-electron chi connectivity index (χ4n) is 5.10. The molecule has 0 saturated heterocycles. The van der Waals surface area contributed by atoms with Crippen molar-refractivity contribution in [3.8, 4) is 52.2 Å². The third-order valence-corrected chi connectivity index (χ3v) is 6.93. The largest absolute Gasteiger partial charge is 0.308 e. The Balaban J connectivity index is 1.48. The highest BCUT2D eigenvalue weighted by Crippen LogP contribution is 2.34. The standard InChI is InChI=1S/C35H22N4/c1-2-24-21-22-27(23-32(24)39-30-19-11-9-17-28(30)29-18-10-12-20-31(29)39)35-37-33(25-13-5-3-6-14-25)36-34(38-35)26-15-7-4-8-16-26/h1,3-23H. The lowest BCUT2D eigenvalue weighted by molar-refractivity contribution is 1.07. The van der Waals surface area contributed by atoms with Gasteiger partial charge in [-0.1, -0.05) is 103 Å². The molecule has 4 heteroatoms. The minimum absolute atomic E-state index is 0.591. The summed E-state index contributed by atoms with van der Waals surface area (Å²) in [5.74, 6) is 4.73. The first-order chi connectivity index (χ1) is 19.3. The van der Waals surface area contributed by atoms with Gasteiger partial charge in [-0.25, -0.2) is 15.0 Å². The number of hydrogen-bond acceptors (Lipinski definition) is 3. The van der Waals surface area contributed by atoms with Gasteiger partial charge in [-0.05, 0) is 30.3 Å². The Morgan fingerprint density at radius 2 is 0.949 bits per heavy atom. The van der Waals surface area contributed by atoms with Crippen molar-refractivity contribution in [1.29, 1.82) is 0 Å². The quantitative estimate of drug-likeness (QED) is 0.231. The fraction of sp³-hybridized carbons (Fsp3) is 0. The Morgan fingerprint density at radius 3 is 1.46 bits per heavy atom. The van der Waals surface area contributed by atoms with Gasteiger partial charge >= 0.3 is 0 Å². The van der Waals surface area contributed by atoms with Crippen molar-refractivity contribution in [2.45, 2.75) is 0 Å². The molecule has 0 aliphatic carbocycles. The number of rotatable bonds is 4. The molecule has 2 heterocycles. The molecule has 0 radical (unpaired) electrons. The smallest absolute Gasteiger partial charge is 0.164 e. The third kappa shape index (κ3) is 3.94. The highest BCUT2D eigenvalue weighted by Gasteiger charge is 2.17. The lowest BCUT2D eigenvalue weighted by Crippen LogP contribution is -2.02. The van der Waals surface area contributed by atoms with E-state index in [1.807, 2.05) is 72.8 Å². The molecule has 0 amide bonds. The summed E-state index contributed by atoms with van der Waals surface area (Å²) in [5.41, 5.74) is 6.63. The summed E-state index contributed by atoms with van der Waals surface area (Å²) >= 11 is 0. The average Bonchev–Trinajstić information content (AvgIpc) is 3.36. The second-order valence-corrected chi connectivity index (χ2v) is 9.28. The van der Waals surface area contributed by atoms with Crippen molar-refractivity contribution < 1.29 is 0 Å². The number of hydrogen-bond donors (Lipinski definition) is 0. The minimum Gasteiger partial charge on any atom is -0.308 e. The lowest BCUT2D eigenvalue weighted by Gasteiger charge is -2.13. The van der Waals surface area contributed by atoms with Crippen LogP contribution < -0.4 is 0 Å². The predicted molar refractivity (Wildman–Crippen MR) is 158 cm³/mol. The molecule has 0 unspecified atom stereocenters. The Morgan fingerprint density at radius 1 is 0.487 bits per heavy atom. The molecule has 0 aliphatic heterocycles. The van der Waals surface area contributed by atoms with Gasteiger partial charge in [0.05, 0.1) is 16.7 Å². The van der Waals surface area contributed by atoms with Crippen molar-refractivity contribution >= 4 is 21.8 Å². The van der Waals surface area contributed by atoms with Crippen LogP contribution in [0.3, 0.4) is 0 Å². The molecular formula is C35H22N4. The summed E-state index contributed by atoms with van der Waals surface area (Å²) in [7, 11) is 0. The van der Waals surface area contributed by atoms with Gasteiger partial charge in [0.25, 0.3) is 0 Å². The van der Waals surface area contributed by atoms with Crippen molar-refractivity contribution in [2.24, 2.45) is 0 Å². The fourth-order valence-corrected chi connectivity index (χ4v) is 5.10. The Labute approximate surface area is 226 Å². The van der Waals surface area contributed by atoms with Gasteiger partial charge < -0.3 is 4.57 Å². The topological polar surface area (TPSA) is 43.6 Å². The minimum atomic E-state index is 0.591. The van der Waals surface area contributed by atoms with Gasteiger partial charge in [-0.2, -0.15) is 0 Å². The first-order valence-corrected chi connectivity index (χ1v) is 12.8. The highest BCUT2D eigenvalue weighted by molar-refractivity contribution is 6.09. The van der Waals surface area contributed by atoms with E-state index in [1.165, 1.54) is 10.8 Å². The van der Waals surface area contributed by atoms with Gasteiger partial charge in [0.15, 0.2) is 17.5 Å². The lowest BCUT2D eigenvalue weighted by atomic mass is 10.1. The number of aromatic nitrogens is 4. The van der Waals surface area contributed by atoms with E-state index in [4.69, 9.17) is 21.4 Å². The molecule has 0 bridgehead atoms.